The van der Waals surface area contributed by atoms with E-state index in [0.29, 0.717) is 18.0 Å². The van der Waals surface area contributed by atoms with Crippen molar-refractivity contribution in [2.75, 3.05) is 19.0 Å². The van der Waals surface area contributed by atoms with Gasteiger partial charge in [-0.25, -0.2) is 0 Å². The van der Waals surface area contributed by atoms with Gasteiger partial charge < -0.3 is 14.8 Å². The molecule has 0 aliphatic heterocycles. The van der Waals surface area contributed by atoms with Crippen molar-refractivity contribution < 1.29 is 14.4 Å². The summed E-state index contributed by atoms with van der Waals surface area (Å²) in [5.74, 6) is 1.34. The van der Waals surface area contributed by atoms with Crippen LogP contribution in [-0.2, 0) is 0 Å². The number of rotatable bonds is 9. The van der Waals surface area contributed by atoms with Gasteiger partial charge in [0.1, 0.15) is 17.2 Å². The second-order valence-electron chi connectivity index (χ2n) is 5.35. The first-order chi connectivity index (χ1) is 11.6. The van der Waals surface area contributed by atoms with Crippen LogP contribution in [0, 0.1) is 10.1 Å². The minimum absolute atomic E-state index is 0.00623. The van der Waals surface area contributed by atoms with Crippen molar-refractivity contribution in [3.8, 4) is 11.5 Å². The molecule has 2 rings (SSSR count). The highest BCUT2D eigenvalue weighted by Gasteiger charge is 2.15. The minimum Gasteiger partial charge on any atom is -0.497 e. The van der Waals surface area contributed by atoms with Gasteiger partial charge in [0.05, 0.1) is 18.6 Å². The van der Waals surface area contributed by atoms with Crippen molar-refractivity contribution in [3.63, 3.8) is 0 Å². The summed E-state index contributed by atoms with van der Waals surface area (Å²) in [5, 5.41) is 14.3. The lowest BCUT2D eigenvalue weighted by molar-refractivity contribution is -0.383. The van der Waals surface area contributed by atoms with Crippen LogP contribution in [0.5, 0.6) is 11.5 Å². The summed E-state index contributed by atoms with van der Waals surface area (Å²) in [6.07, 6.45) is 3.19. The number of ether oxygens (including phenoxy) is 2. The molecule has 0 radical (unpaired) electrons. The topological polar surface area (TPSA) is 73.6 Å². The Morgan fingerprint density at radius 2 is 1.79 bits per heavy atom. The Morgan fingerprint density at radius 3 is 2.42 bits per heavy atom. The van der Waals surface area contributed by atoms with Gasteiger partial charge in [0.2, 0.25) is 0 Å². The maximum atomic E-state index is 11.2. The first-order valence-electron chi connectivity index (χ1n) is 7.96. The van der Waals surface area contributed by atoms with Gasteiger partial charge in [-0.05, 0) is 36.8 Å². The highest BCUT2D eigenvalue weighted by molar-refractivity contribution is 5.71. The number of nitro groups is 1. The molecule has 0 bridgehead atoms. The molecule has 0 unspecified atom stereocenters. The third-order valence-corrected chi connectivity index (χ3v) is 3.55. The third kappa shape index (κ3) is 4.87. The molecule has 0 aliphatic carbocycles. The number of unbranched alkanes of at least 4 members (excludes halogenated alkanes) is 2. The fourth-order valence-corrected chi connectivity index (χ4v) is 2.24. The number of nitro benzene ring substituents is 1. The van der Waals surface area contributed by atoms with E-state index in [1.165, 1.54) is 6.07 Å². The van der Waals surface area contributed by atoms with Crippen LogP contribution < -0.4 is 14.8 Å². The van der Waals surface area contributed by atoms with Crippen LogP contribution in [0.3, 0.4) is 0 Å². The maximum Gasteiger partial charge on any atom is 0.292 e. The molecule has 1 N–H and O–H groups in total. The second kappa shape index (κ2) is 8.76. The van der Waals surface area contributed by atoms with Crippen LogP contribution in [-0.4, -0.2) is 18.6 Å². The van der Waals surface area contributed by atoms with Crippen LogP contribution in [0.15, 0.2) is 42.5 Å². The lowest BCUT2D eigenvalue weighted by Gasteiger charge is -2.11. The molecule has 2 aromatic carbocycles. The fraction of sp³-hybridized carbons (Fsp3) is 0.333. The molecule has 2 aromatic rings. The van der Waals surface area contributed by atoms with Gasteiger partial charge in [0.25, 0.3) is 5.69 Å². The van der Waals surface area contributed by atoms with Crippen LogP contribution in [0.1, 0.15) is 26.2 Å². The summed E-state index contributed by atoms with van der Waals surface area (Å²) in [7, 11) is 1.59. The Hall–Kier alpha value is -2.76. The molecule has 0 saturated heterocycles. The molecule has 128 valence electrons. The molecule has 0 heterocycles. The van der Waals surface area contributed by atoms with Crippen molar-refractivity contribution in [2.45, 2.75) is 26.2 Å². The van der Waals surface area contributed by atoms with E-state index < -0.39 is 4.92 Å². The molecule has 0 amide bonds. The van der Waals surface area contributed by atoms with Crippen LogP contribution in [0.2, 0.25) is 0 Å². The summed E-state index contributed by atoms with van der Waals surface area (Å²) in [4.78, 5) is 10.8. The summed E-state index contributed by atoms with van der Waals surface area (Å²) in [6, 6.07) is 11.9. The number of methoxy groups -OCH3 is 1. The van der Waals surface area contributed by atoms with Gasteiger partial charge in [-0.15, -0.1) is 0 Å². The summed E-state index contributed by atoms with van der Waals surface area (Å²) < 4.78 is 10.8. The fourth-order valence-electron chi connectivity index (χ4n) is 2.24. The Balaban J connectivity index is 2.15. The minimum atomic E-state index is -0.410. The molecule has 0 saturated carbocycles. The number of hydrogen-bond donors (Lipinski definition) is 1. The van der Waals surface area contributed by atoms with E-state index in [1.54, 1.807) is 43.5 Å². The normalized spacial score (nSPS) is 10.2. The van der Waals surface area contributed by atoms with Crippen LogP contribution >= 0.6 is 0 Å². The number of benzene rings is 2. The van der Waals surface area contributed by atoms with Crippen molar-refractivity contribution in [1.82, 2.24) is 0 Å². The molecule has 0 fully saturated rings. The molecule has 6 nitrogen and oxygen atoms in total. The Morgan fingerprint density at radius 1 is 1.08 bits per heavy atom. The van der Waals surface area contributed by atoms with E-state index in [2.05, 4.69) is 12.2 Å². The Bertz CT molecular complexity index is 671. The van der Waals surface area contributed by atoms with Crippen LogP contribution in [0.25, 0.3) is 0 Å². The second-order valence-corrected chi connectivity index (χ2v) is 5.35. The molecular weight excluding hydrogens is 308 g/mol. The zero-order valence-corrected chi connectivity index (χ0v) is 14.0. The van der Waals surface area contributed by atoms with E-state index >= 15 is 0 Å². The highest BCUT2D eigenvalue weighted by Crippen LogP contribution is 2.32. The first kappa shape index (κ1) is 17.6. The average Bonchev–Trinajstić information content (AvgIpc) is 2.59. The predicted molar refractivity (Wildman–Crippen MR) is 94.4 cm³/mol. The SMILES string of the molecule is CCCCCOc1ccc([N+](=O)[O-])c(Nc2ccc(OC)cc2)c1. The van der Waals surface area contributed by atoms with Gasteiger partial charge in [-0.2, -0.15) is 0 Å². The molecule has 0 atom stereocenters. The Labute approximate surface area is 141 Å². The zero-order chi connectivity index (χ0) is 17.4. The smallest absolute Gasteiger partial charge is 0.292 e. The molecule has 6 heteroatoms. The standard InChI is InChI=1S/C18H22N2O4/c1-3-4-5-12-24-16-10-11-18(20(21)22)17(13-16)19-14-6-8-15(23-2)9-7-14/h6-11,13,19H,3-5,12H2,1-2H3. The molecule has 24 heavy (non-hydrogen) atoms. The van der Waals surface area contributed by atoms with Crippen molar-refractivity contribution in [2.24, 2.45) is 0 Å². The van der Waals surface area contributed by atoms with E-state index in [-0.39, 0.29) is 5.69 Å². The quantitative estimate of drug-likeness (QED) is 0.401. The lowest BCUT2D eigenvalue weighted by Crippen LogP contribution is -2.00. The predicted octanol–water partition coefficient (Wildman–Crippen LogP) is 4.92. The largest absolute Gasteiger partial charge is 0.497 e. The van der Waals surface area contributed by atoms with Crippen molar-refractivity contribution >= 4 is 17.1 Å². The Kier molecular flexibility index (Phi) is 6.42. The van der Waals surface area contributed by atoms with Gasteiger partial charge in [0, 0.05) is 17.8 Å². The zero-order valence-electron chi connectivity index (χ0n) is 14.0. The number of anilines is 2. The summed E-state index contributed by atoms with van der Waals surface area (Å²) in [5.41, 5.74) is 1.15. The van der Waals surface area contributed by atoms with Gasteiger partial charge in [-0.1, -0.05) is 19.8 Å². The number of hydrogen-bond acceptors (Lipinski definition) is 5. The van der Waals surface area contributed by atoms with Gasteiger partial charge in [0.15, 0.2) is 0 Å². The van der Waals surface area contributed by atoms with E-state index in [9.17, 15) is 10.1 Å². The molecule has 0 aromatic heterocycles. The van der Waals surface area contributed by atoms with E-state index in [1.807, 2.05) is 0 Å². The average molecular weight is 330 g/mol. The number of nitrogens with one attached hydrogen (secondary N) is 1. The molecule has 0 aliphatic rings. The third-order valence-electron chi connectivity index (χ3n) is 3.55. The first-order valence-corrected chi connectivity index (χ1v) is 7.96. The van der Waals surface area contributed by atoms with E-state index in [4.69, 9.17) is 9.47 Å². The number of nitrogens with zero attached hydrogens (tertiary/aromatic N) is 1. The van der Waals surface area contributed by atoms with Gasteiger partial charge >= 0.3 is 0 Å². The monoisotopic (exact) mass is 330 g/mol. The van der Waals surface area contributed by atoms with Gasteiger partial charge in [-0.3, -0.25) is 10.1 Å². The van der Waals surface area contributed by atoms with Crippen LogP contribution in [0.4, 0.5) is 17.1 Å². The summed E-state index contributed by atoms with van der Waals surface area (Å²) >= 11 is 0. The van der Waals surface area contributed by atoms with Crippen molar-refractivity contribution in [1.29, 1.82) is 0 Å². The maximum absolute atomic E-state index is 11.2. The van der Waals surface area contributed by atoms with E-state index in [0.717, 1.165) is 30.7 Å². The molecular formula is C18H22N2O4. The lowest BCUT2D eigenvalue weighted by atomic mass is 10.2. The van der Waals surface area contributed by atoms with Crippen molar-refractivity contribution in [3.05, 3.63) is 52.6 Å². The highest BCUT2D eigenvalue weighted by atomic mass is 16.6. The summed E-state index contributed by atoms with van der Waals surface area (Å²) in [6.45, 7) is 2.73. The molecule has 0 spiro atoms.